The number of hydrogen-bond acceptors (Lipinski definition) is 5. The van der Waals surface area contributed by atoms with Crippen molar-refractivity contribution in [3.05, 3.63) is 82.9 Å². The van der Waals surface area contributed by atoms with Gasteiger partial charge in [-0.05, 0) is 48.7 Å². The van der Waals surface area contributed by atoms with Gasteiger partial charge in [0.1, 0.15) is 5.75 Å². The van der Waals surface area contributed by atoms with E-state index in [9.17, 15) is 4.79 Å². The number of hydrogen-bond donors (Lipinski definition) is 0. The van der Waals surface area contributed by atoms with E-state index in [1.807, 2.05) is 59.9 Å². The summed E-state index contributed by atoms with van der Waals surface area (Å²) in [7, 11) is 1.62. The summed E-state index contributed by atoms with van der Waals surface area (Å²) in [6.45, 7) is 4.39. The van der Waals surface area contributed by atoms with Crippen molar-refractivity contribution in [3.8, 4) is 23.7 Å². The molecule has 7 nitrogen and oxygen atoms in total. The van der Waals surface area contributed by atoms with Gasteiger partial charge in [0, 0.05) is 56.9 Å². The second-order valence-electron chi connectivity index (χ2n) is 9.35. The highest BCUT2D eigenvalue weighted by molar-refractivity contribution is 5.97. The number of benzene rings is 2. The van der Waals surface area contributed by atoms with Crippen molar-refractivity contribution < 1.29 is 9.53 Å². The predicted octanol–water partition coefficient (Wildman–Crippen LogP) is 3.53. The summed E-state index contributed by atoms with van der Waals surface area (Å²) >= 11 is 0. The topological polar surface area (TPSA) is 74.4 Å². The Balaban J connectivity index is 1.21. The summed E-state index contributed by atoms with van der Waals surface area (Å²) in [6, 6.07) is 15.4. The van der Waals surface area contributed by atoms with Crippen LogP contribution in [-0.4, -0.2) is 58.5 Å². The normalized spacial score (nSPS) is 15.6. The summed E-state index contributed by atoms with van der Waals surface area (Å²) in [5.41, 5.74) is 4.32. The van der Waals surface area contributed by atoms with E-state index in [0.717, 1.165) is 49.3 Å². The van der Waals surface area contributed by atoms with Crippen LogP contribution in [0.25, 0.3) is 0 Å². The molecule has 0 radical (unpaired) electrons. The first kappa shape index (κ1) is 23.7. The third kappa shape index (κ3) is 5.59. The van der Waals surface area contributed by atoms with Gasteiger partial charge in [0.15, 0.2) is 0 Å². The van der Waals surface area contributed by atoms with Crippen molar-refractivity contribution in [2.45, 2.75) is 25.9 Å². The Bertz CT molecular complexity index is 1330. The minimum atomic E-state index is 0.0134. The highest BCUT2D eigenvalue weighted by atomic mass is 16.5. The van der Waals surface area contributed by atoms with E-state index in [4.69, 9.17) is 10.00 Å². The summed E-state index contributed by atoms with van der Waals surface area (Å²) in [6.07, 6.45) is 6.06. The van der Waals surface area contributed by atoms with Crippen molar-refractivity contribution in [2.24, 2.45) is 5.92 Å². The zero-order chi connectivity index (χ0) is 24.9. The van der Waals surface area contributed by atoms with Gasteiger partial charge in [0.05, 0.1) is 36.3 Å². The van der Waals surface area contributed by atoms with Gasteiger partial charge in [-0.15, -0.1) is 0 Å². The number of piperazine rings is 1. The number of ether oxygens (including phenoxy) is 1. The molecular weight excluding hydrogens is 450 g/mol. The second-order valence-corrected chi connectivity index (χ2v) is 9.35. The molecule has 1 aliphatic heterocycles. The van der Waals surface area contributed by atoms with E-state index in [0.29, 0.717) is 42.4 Å². The van der Waals surface area contributed by atoms with Gasteiger partial charge in [-0.3, -0.25) is 9.69 Å². The molecule has 3 aromatic rings. The number of carbonyl (C=O) groups is 1. The fraction of sp³-hybridized carbons (Fsp3) is 0.345. The molecule has 2 heterocycles. The average molecular weight is 480 g/mol. The molecule has 1 aliphatic carbocycles. The Morgan fingerprint density at radius 2 is 1.86 bits per heavy atom. The predicted molar refractivity (Wildman–Crippen MR) is 136 cm³/mol. The molecule has 2 aromatic carbocycles. The molecule has 0 spiro atoms. The maximum Gasteiger partial charge on any atom is 0.255 e. The molecule has 2 aliphatic rings. The van der Waals surface area contributed by atoms with Crippen LogP contribution >= 0.6 is 0 Å². The smallest absolute Gasteiger partial charge is 0.255 e. The van der Waals surface area contributed by atoms with Crippen LogP contribution in [0.1, 0.15) is 45.6 Å². The molecule has 36 heavy (non-hydrogen) atoms. The standard InChI is InChI=1S/C29H29N5O2/c1-36-27-11-10-25(9-8-22-2-3-22)28(16-27)29(35)33-14-12-32(13-15-33)20-26-18-31-21-34(26)19-24-6-4-23(17-30)5-7-24/h4-7,10-11,16,18,21-22H,2-3,12-15,19-20H2,1H3. The molecule has 7 heteroatoms. The molecule has 0 N–H and O–H groups in total. The lowest BCUT2D eigenvalue weighted by molar-refractivity contribution is 0.0625. The molecule has 0 bridgehead atoms. The molecule has 182 valence electrons. The first-order valence-corrected chi connectivity index (χ1v) is 12.3. The Labute approximate surface area is 211 Å². The van der Waals surface area contributed by atoms with Crippen LogP contribution in [0.15, 0.2) is 55.0 Å². The number of aromatic nitrogens is 2. The lowest BCUT2D eigenvalue weighted by Crippen LogP contribution is -2.48. The Kier molecular flexibility index (Phi) is 7.02. The van der Waals surface area contributed by atoms with E-state index >= 15 is 0 Å². The van der Waals surface area contributed by atoms with Gasteiger partial charge in [0.25, 0.3) is 5.91 Å². The van der Waals surface area contributed by atoms with Crippen molar-refractivity contribution >= 4 is 5.91 Å². The summed E-state index contributed by atoms with van der Waals surface area (Å²) in [5.74, 6) is 7.66. The average Bonchev–Trinajstić information content (AvgIpc) is 3.66. The Morgan fingerprint density at radius 1 is 1.08 bits per heavy atom. The second kappa shape index (κ2) is 10.7. The van der Waals surface area contributed by atoms with Crippen molar-refractivity contribution in [2.75, 3.05) is 33.3 Å². The van der Waals surface area contributed by atoms with Gasteiger partial charge in [0.2, 0.25) is 0 Å². The molecule has 0 unspecified atom stereocenters. The van der Waals surface area contributed by atoms with E-state index < -0.39 is 0 Å². The van der Waals surface area contributed by atoms with Gasteiger partial charge in [-0.2, -0.15) is 5.26 Å². The van der Waals surface area contributed by atoms with Crippen molar-refractivity contribution in [1.82, 2.24) is 19.4 Å². The number of methoxy groups -OCH3 is 1. The van der Waals surface area contributed by atoms with Crippen LogP contribution in [0.5, 0.6) is 5.75 Å². The third-order valence-corrected chi connectivity index (χ3v) is 6.73. The minimum absolute atomic E-state index is 0.0134. The van der Waals surface area contributed by atoms with E-state index in [2.05, 4.69) is 32.4 Å². The lowest BCUT2D eigenvalue weighted by atomic mass is 10.0. The first-order valence-electron chi connectivity index (χ1n) is 12.3. The fourth-order valence-electron chi connectivity index (χ4n) is 4.36. The monoisotopic (exact) mass is 479 g/mol. The van der Waals surface area contributed by atoms with Gasteiger partial charge in [-0.1, -0.05) is 24.0 Å². The van der Waals surface area contributed by atoms with Gasteiger partial charge >= 0.3 is 0 Å². The maximum absolute atomic E-state index is 13.4. The number of nitriles is 1. The van der Waals surface area contributed by atoms with Crippen LogP contribution in [0.2, 0.25) is 0 Å². The number of carbonyl (C=O) groups excluding carboxylic acids is 1. The number of nitrogens with zero attached hydrogens (tertiary/aromatic N) is 5. The van der Waals surface area contributed by atoms with Crippen LogP contribution in [0.3, 0.4) is 0 Å². The number of rotatable bonds is 6. The summed E-state index contributed by atoms with van der Waals surface area (Å²) < 4.78 is 7.52. The zero-order valence-electron chi connectivity index (χ0n) is 20.5. The van der Waals surface area contributed by atoms with E-state index in [-0.39, 0.29) is 5.91 Å². The third-order valence-electron chi connectivity index (χ3n) is 6.73. The molecule has 1 saturated carbocycles. The van der Waals surface area contributed by atoms with Crippen LogP contribution in [0, 0.1) is 29.1 Å². The molecule has 2 fully saturated rings. The lowest BCUT2D eigenvalue weighted by Gasteiger charge is -2.35. The number of imidazole rings is 1. The minimum Gasteiger partial charge on any atom is -0.497 e. The highest BCUT2D eigenvalue weighted by Crippen LogP contribution is 2.28. The molecular formula is C29H29N5O2. The van der Waals surface area contributed by atoms with Crippen LogP contribution < -0.4 is 4.74 Å². The Hall–Kier alpha value is -4.07. The van der Waals surface area contributed by atoms with Crippen LogP contribution in [0.4, 0.5) is 0 Å². The summed E-state index contributed by atoms with van der Waals surface area (Å²) in [5, 5.41) is 9.01. The molecule has 1 saturated heterocycles. The molecule has 5 rings (SSSR count). The Morgan fingerprint density at radius 3 is 2.56 bits per heavy atom. The van der Waals surface area contributed by atoms with Crippen LogP contribution in [-0.2, 0) is 13.1 Å². The molecule has 1 aromatic heterocycles. The summed E-state index contributed by atoms with van der Waals surface area (Å²) in [4.78, 5) is 22.1. The first-order chi connectivity index (χ1) is 17.6. The van der Waals surface area contributed by atoms with Crippen molar-refractivity contribution in [3.63, 3.8) is 0 Å². The van der Waals surface area contributed by atoms with Gasteiger partial charge in [-0.25, -0.2) is 4.98 Å². The maximum atomic E-state index is 13.4. The largest absolute Gasteiger partial charge is 0.497 e. The quantitative estimate of drug-likeness (QED) is 0.506. The van der Waals surface area contributed by atoms with E-state index in [1.54, 1.807) is 7.11 Å². The fourth-order valence-corrected chi connectivity index (χ4v) is 4.36. The zero-order valence-corrected chi connectivity index (χ0v) is 20.5. The molecule has 0 atom stereocenters. The van der Waals surface area contributed by atoms with E-state index in [1.165, 1.54) is 0 Å². The van der Waals surface area contributed by atoms with Crippen molar-refractivity contribution in [1.29, 1.82) is 5.26 Å². The number of amides is 1. The SMILES string of the molecule is COc1ccc(C#CC2CC2)c(C(=O)N2CCN(Cc3cncn3Cc3ccc(C#N)cc3)CC2)c1. The molecule has 1 amide bonds. The highest BCUT2D eigenvalue weighted by Gasteiger charge is 2.25. The van der Waals surface area contributed by atoms with Gasteiger partial charge < -0.3 is 14.2 Å².